The van der Waals surface area contributed by atoms with Gasteiger partial charge < -0.3 is 15.1 Å². The Balaban J connectivity index is 2.03. The molecule has 6 nitrogen and oxygen atoms in total. The van der Waals surface area contributed by atoms with Crippen molar-refractivity contribution in [2.45, 2.75) is 46.6 Å². The monoisotopic (exact) mass is 349 g/mol. The zero-order valence-corrected chi connectivity index (χ0v) is 16.4. The van der Waals surface area contributed by atoms with E-state index in [2.05, 4.69) is 43.0 Å². The first-order valence-corrected chi connectivity index (χ1v) is 9.82. The number of amides is 1. The number of likely N-dealkylation sites (N-methyl/N-ethyl adjacent to an activating group) is 1. The molecule has 0 saturated carbocycles. The van der Waals surface area contributed by atoms with Crippen molar-refractivity contribution in [3.05, 3.63) is 18.0 Å². The van der Waals surface area contributed by atoms with Crippen LogP contribution in [0.15, 0.2) is 12.3 Å². The molecule has 0 bridgehead atoms. The van der Waals surface area contributed by atoms with Gasteiger partial charge in [0.05, 0.1) is 6.04 Å². The maximum atomic E-state index is 13.0. The lowest BCUT2D eigenvalue weighted by Gasteiger charge is -2.27. The van der Waals surface area contributed by atoms with Crippen molar-refractivity contribution in [1.82, 2.24) is 24.9 Å². The van der Waals surface area contributed by atoms with Gasteiger partial charge in [0.2, 0.25) is 0 Å². The van der Waals surface area contributed by atoms with E-state index in [4.69, 9.17) is 0 Å². The molecule has 1 atom stereocenters. The Kier molecular flexibility index (Phi) is 7.90. The Morgan fingerprint density at radius 1 is 1.36 bits per heavy atom. The molecule has 1 aromatic heterocycles. The fraction of sp³-hybridized carbons (Fsp3) is 0.789. The summed E-state index contributed by atoms with van der Waals surface area (Å²) in [7, 11) is 0. The van der Waals surface area contributed by atoms with Gasteiger partial charge in [0, 0.05) is 32.4 Å². The molecular weight excluding hydrogens is 314 g/mol. The number of hydrogen-bond donors (Lipinski definition) is 1. The lowest BCUT2D eigenvalue weighted by molar-refractivity contribution is 0.0709. The van der Waals surface area contributed by atoms with Crippen LogP contribution in [-0.2, 0) is 0 Å². The highest BCUT2D eigenvalue weighted by molar-refractivity contribution is 5.92. The van der Waals surface area contributed by atoms with Crippen molar-refractivity contribution in [3.63, 3.8) is 0 Å². The molecule has 142 valence electrons. The van der Waals surface area contributed by atoms with E-state index >= 15 is 0 Å². The normalized spacial score (nSPS) is 18.1. The van der Waals surface area contributed by atoms with Crippen LogP contribution in [-0.4, -0.2) is 71.3 Å². The minimum absolute atomic E-state index is 0.0587. The molecule has 0 aromatic carbocycles. The summed E-state index contributed by atoms with van der Waals surface area (Å²) < 4.78 is 1.97. The molecular formula is C19H35N5O. The van der Waals surface area contributed by atoms with Crippen LogP contribution >= 0.6 is 0 Å². The zero-order chi connectivity index (χ0) is 18.2. The second kappa shape index (κ2) is 9.92. The number of aromatic nitrogens is 2. The van der Waals surface area contributed by atoms with Crippen LogP contribution in [0.3, 0.4) is 0 Å². The van der Waals surface area contributed by atoms with E-state index < -0.39 is 0 Å². The second-order valence-electron chi connectivity index (χ2n) is 7.35. The molecule has 6 heteroatoms. The third kappa shape index (κ3) is 5.82. The lowest BCUT2D eigenvalue weighted by Crippen LogP contribution is -2.40. The first kappa shape index (κ1) is 19.9. The van der Waals surface area contributed by atoms with E-state index in [9.17, 15) is 4.79 Å². The molecule has 0 aliphatic carbocycles. The van der Waals surface area contributed by atoms with Gasteiger partial charge in [0.1, 0.15) is 5.69 Å². The first-order chi connectivity index (χ1) is 12.0. The van der Waals surface area contributed by atoms with E-state index in [1.807, 2.05) is 21.8 Å². The number of nitrogens with zero attached hydrogens (tertiary/aromatic N) is 4. The molecule has 1 unspecified atom stereocenters. The molecule has 1 aliphatic heterocycles. The van der Waals surface area contributed by atoms with Gasteiger partial charge in [-0.15, -0.1) is 0 Å². The topological polar surface area (TPSA) is 53.4 Å². The van der Waals surface area contributed by atoms with Gasteiger partial charge in [0.25, 0.3) is 5.91 Å². The van der Waals surface area contributed by atoms with E-state index in [0.717, 1.165) is 58.7 Å². The van der Waals surface area contributed by atoms with Gasteiger partial charge in [-0.3, -0.25) is 9.48 Å². The summed E-state index contributed by atoms with van der Waals surface area (Å²) in [4.78, 5) is 17.3. The molecule has 1 aromatic rings. The first-order valence-electron chi connectivity index (χ1n) is 9.82. The summed E-state index contributed by atoms with van der Waals surface area (Å²) in [6.07, 6.45) is 4.25. The highest BCUT2D eigenvalue weighted by atomic mass is 16.2. The van der Waals surface area contributed by atoms with Crippen molar-refractivity contribution in [2.75, 3.05) is 45.8 Å². The van der Waals surface area contributed by atoms with Gasteiger partial charge in [0.15, 0.2) is 0 Å². The lowest BCUT2D eigenvalue weighted by atomic mass is 10.1. The van der Waals surface area contributed by atoms with Crippen LogP contribution in [0.4, 0.5) is 0 Å². The summed E-state index contributed by atoms with van der Waals surface area (Å²) in [6.45, 7) is 15.1. The maximum Gasteiger partial charge on any atom is 0.274 e. The smallest absolute Gasteiger partial charge is 0.274 e. The average molecular weight is 350 g/mol. The number of carbonyl (C=O) groups is 1. The van der Waals surface area contributed by atoms with E-state index in [1.54, 1.807) is 0 Å². The van der Waals surface area contributed by atoms with E-state index in [1.165, 1.54) is 0 Å². The van der Waals surface area contributed by atoms with E-state index in [0.29, 0.717) is 17.7 Å². The number of rotatable bonds is 9. The summed E-state index contributed by atoms with van der Waals surface area (Å²) in [5.74, 6) is 0.508. The summed E-state index contributed by atoms with van der Waals surface area (Å²) in [6, 6.07) is 2.24. The van der Waals surface area contributed by atoms with Gasteiger partial charge >= 0.3 is 0 Å². The minimum atomic E-state index is 0.0587. The molecule has 25 heavy (non-hydrogen) atoms. The van der Waals surface area contributed by atoms with Crippen molar-refractivity contribution < 1.29 is 4.79 Å². The third-order valence-corrected chi connectivity index (χ3v) is 4.93. The molecule has 1 fully saturated rings. The minimum Gasteiger partial charge on any atom is -0.336 e. The van der Waals surface area contributed by atoms with Crippen molar-refractivity contribution >= 4 is 5.91 Å². The Labute approximate surface area is 152 Å². The zero-order valence-electron chi connectivity index (χ0n) is 16.4. The van der Waals surface area contributed by atoms with Crippen LogP contribution in [0.25, 0.3) is 0 Å². The molecule has 2 rings (SSSR count). The maximum absolute atomic E-state index is 13.0. The Morgan fingerprint density at radius 3 is 2.72 bits per heavy atom. The third-order valence-electron chi connectivity index (χ3n) is 4.93. The summed E-state index contributed by atoms with van der Waals surface area (Å²) in [5.41, 5.74) is 0.575. The molecule has 1 amide bonds. The van der Waals surface area contributed by atoms with Crippen molar-refractivity contribution in [3.8, 4) is 0 Å². The van der Waals surface area contributed by atoms with Gasteiger partial charge in [-0.1, -0.05) is 27.7 Å². The fourth-order valence-corrected chi connectivity index (χ4v) is 3.40. The van der Waals surface area contributed by atoms with Crippen LogP contribution in [0, 0.1) is 5.92 Å². The van der Waals surface area contributed by atoms with Crippen LogP contribution in [0.1, 0.15) is 57.1 Å². The van der Waals surface area contributed by atoms with Crippen LogP contribution in [0.2, 0.25) is 0 Å². The van der Waals surface area contributed by atoms with Gasteiger partial charge in [-0.2, -0.15) is 5.10 Å². The quantitative estimate of drug-likeness (QED) is 0.743. The molecule has 0 radical (unpaired) electrons. The van der Waals surface area contributed by atoms with Crippen LogP contribution in [0.5, 0.6) is 0 Å². The van der Waals surface area contributed by atoms with Crippen molar-refractivity contribution in [1.29, 1.82) is 0 Å². The molecule has 1 aliphatic rings. The number of piperidine rings is 1. The highest BCUT2D eigenvalue weighted by Gasteiger charge is 2.22. The Morgan fingerprint density at radius 2 is 2.12 bits per heavy atom. The molecule has 1 N–H and O–H groups in total. The number of carbonyl (C=O) groups excluding carboxylic acids is 1. The van der Waals surface area contributed by atoms with Gasteiger partial charge in [-0.25, -0.2) is 0 Å². The Bertz CT molecular complexity index is 518. The van der Waals surface area contributed by atoms with E-state index in [-0.39, 0.29) is 5.91 Å². The van der Waals surface area contributed by atoms with Gasteiger partial charge in [-0.05, 0) is 44.5 Å². The predicted octanol–water partition coefficient (Wildman–Crippen LogP) is 2.25. The van der Waals surface area contributed by atoms with Crippen LogP contribution < -0.4 is 5.32 Å². The second-order valence-corrected chi connectivity index (χ2v) is 7.35. The summed E-state index contributed by atoms with van der Waals surface area (Å²) in [5, 5.41) is 8.01. The molecule has 0 spiro atoms. The van der Waals surface area contributed by atoms with Crippen molar-refractivity contribution in [2.24, 2.45) is 5.92 Å². The predicted molar refractivity (Wildman–Crippen MR) is 102 cm³/mol. The number of nitrogens with one attached hydrogen (secondary N) is 1. The largest absolute Gasteiger partial charge is 0.336 e. The SMILES string of the molecule is CCN(CC)CCN(CC(C)C)C(=O)c1ccn(C2CCCNC2)n1. The number of hydrogen-bond acceptors (Lipinski definition) is 4. The molecule has 1 saturated heterocycles. The Hall–Kier alpha value is -1.40. The standard InChI is InChI=1S/C19H35N5O/c1-5-22(6-2)12-13-23(15-16(3)4)19(25)18-9-11-24(21-18)17-8-7-10-20-14-17/h9,11,16-17,20H,5-8,10,12-15H2,1-4H3. The molecule has 2 heterocycles. The fourth-order valence-electron chi connectivity index (χ4n) is 3.40. The highest BCUT2D eigenvalue weighted by Crippen LogP contribution is 2.16. The summed E-state index contributed by atoms with van der Waals surface area (Å²) >= 11 is 0. The average Bonchev–Trinajstić information content (AvgIpc) is 3.11.